The van der Waals surface area contributed by atoms with Crippen LogP contribution in [0.3, 0.4) is 0 Å². The zero-order chi connectivity index (χ0) is 14.7. The predicted molar refractivity (Wildman–Crippen MR) is 83.0 cm³/mol. The quantitative estimate of drug-likeness (QED) is 0.888. The Morgan fingerprint density at radius 3 is 2.95 bits per heavy atom. The smallest absolute Gasteiger partial charge is 0.0849 e. The van der Waals surface area contributed by atoms with Gasteiger partial charge in [0.05, 0.1) is 24.5 Å². The molecule has 2 heterocycles. The van der Waals surface area contributed by atoms with Gasteiger partial charge in [0.2, 0.25) is 0 Å². The average Bonchev–Trinajstić information content (AvgIpc) is 3.19. The molecule has 1 aliphatic carbocycles. The van der Waals surface area contributed by atoms with Crippen LogP contribution in [0.15, 0.2) is 24.7 Å². The molecule has 1 saturated carbocycles. The third kappa shape index (κ3) is 3.53. The Labute approximate surface area is 126 Å². The lowest BCUT2D eigenvalue weighted by molar-refractivity contribution is 0.460. The van der Waals surface area contributed by atoms with Crippen molar-refractivity contribution in [1.82, 2.24) is 19.6 Å². The Kier molecular flexibility index (Phi) is 4.39. The van der Waals surface area contributed by atoms with Crippen molar-refractivity contribution in [3.63, 3.8) is 0 Å². The largest absolute Gasteiger partial charge is 0.327 e. The van der Waals surface area contributed by atoms with Crippen LogP contribution in [0.5, 0.6) is 0 Å². The standard InChI is InChI=1S/C16H25N5/c1-2-14(17)9-13-10-18-20(11-13)12-15-7-8-21(19-15)16-5-3-4-6-16/h7-8,10-11,14,16H,2-6,9,12,17H2,1H3. The van der Waals surface area contributed by atoms with Crippen LogP contribution in [0, 0.1) is 0 Å². The van der Waals surface area contributed by atoms with Crippen LogP contribution in [0.4, 0.5) is 0 Å². The molecular formula is C16H25N5. The minimum Gasteiger partial charge on any atom is -0.327 e. The minimum absolute atomic E-state index is 0.226. The molecule has 1 fully saturated rings. The van der Waals surface area contributed by atoms with E-state index in [2.05, 4.69) is 35.2 Å². The molecule has 114 valence electrons. The van der Waals surface area contributed by atoms with E-state index in [1.54, 1.807) is 0 Å². The zero-order valence-corrected chi connectivity index (χ0v) is 12.8. The lowest BCUT2D eigenvalue weighted by atomic mass is 10.1. The Bertz CT molecular complexity index is 565. The van der Waals surface area contributed by atoms with Gasteiger partial charge in [0.15, 0.2) is 0 Å². The van der Waals surface area contributed by atoms with E-state index in [0.29, 0.717) is 6.04 Å². The maximum atomic E-state index is 5.99. The third-order valence-corrected chi connectivity index (χ3v) is 4.40. The van der Waals surface area contributed by atoms with Crippen molar-refractivity contribution in [2.24, 2.45) is 5.73 Å². The molecule has 1 atom stereocenters. The summed E-state index contributed by atoms with van der Waals surface area (Å²) in [7, 11) is 0. The first-order valence-corrected chi connectivity index (χ1v) is 8.05. The van der Waals surface area contributed by atoms with Crippen LogP contribution >= 0.6 is 0 Å². The fourth-order valence-corrected chi connectivity index (χ4v) is 3.05. The van der Waals surface area contributed by atoms with Gasteiger partial charge >= 0.3 is 0 Å². The first kappa shape index (κ1) is 14.3. The van der Waals surface area contributed by atoms with Gasteiger partial charge in [0.1, 0.15) is 0 Å². The molecule has 0 aliphatic heterocycles. The van der Waals surface area contributed by atoms with Gasteiger partial charge in [-0.2, -0.15) is 10.2 Å². The highest BCUT2D eigenvalue weighted by atomic mass is 15.3. The van der Waals surface area contributed by atoms with E-state index in [1.165, 1.54) is 31.2 Å². The summed E-state index contributed by atoms with van der Waals surface area (Å²) in [5.74, 6) is 0. The molecule has 2 aromatic rings. The molecule has 0 bridgehead atoms. The second kappa shape index (κ2) is 6.43. The second-order valence-corrected chi connectivity index (χ2v) is 6.14. The first-order valence-electron chi connectivity index (χ1n) is 8.05. The number of nitrogens with zero attached hydrogens (tertiary/aromatic N) is 4. The van der Waals surface area contributed by atoms with Crippen molar-refractivity contribution in [2.45, 2.75) is 64.1 Å². The van der Waals surface area contributed by atoms with Crippen molar-refractivity contribution in [3.8, 4) is 0 Å². The molecule has 21 heavy (non-hydrogen) atoms. The summed E-state index contributed by atoms with van der Waals surface area (Å²) in [6, 6.07) is 2.94. The molecule has 0 radical (unpaired) electrons. The molecule has 5 heteroatoms. The van der Waals surface area contributed by atoms with Crippen molar-refractivity contribution >= 4 is 0 Å². The highest BCUT2D eigenvalue weighted by Gasteiger charge is 2.17. The lowest BCUT2D eigenvalue weighted by Gasteiger charge is -2.08. The van der Waals surface area contributed by atoms with Gasteiger partial charge in [-0.1, -0.05) is 19.8 Å². The van der Waals surface area contributed by atoms with Crippen LogP contribution in [0.2, 0.25) is 0 Å². The Morgan fingerprint density at radius 1 is 1.38 bits per heavy atom. The van der Waals surface area contributed by atoms with E-state index in [-0.39, 0.29) is 6.04 Å². The molecule has 5 nitrogen and oxygen atoms in total. The molecule has 0 amide bonds. The highest BCUT2D eigenvalue weighted by Crippen LogP contribution is 2.28. The van der Waals surface area contributed by atoms with Gasteiger partial charge < -0.3 is 5.73 Å². The molecule has 2 N–H and O–H groups in total. The second-order valence-electron chi connectivity index (χ2n) is 6.14. The minimum atomic E-state index is 0.226. The van der Waals surface area contributed by atoms with Crippen molar-refractivity contribution < 1.29 is 0 Å². The van der Waals surface area contributed by atoms with Crippen LogP contribution < -0.4 is 5.73 Å². The van der Waals surface area contributed by atoms with Gasteiger partial charge in [-0.25, -0.2) is 0 Å². The maximum Gasteiger partial charge on any atom is 0.0849 e. The molecule has 0 saturated heterocycles. The third-order valence-electron chi connectivity index (χ3n) is 4.40. The van der Waals surface area contributed by atoms with E-state index in [9.17, 15) is 0 Å². The van der Waals surface area contributed by atoms with Crippen LogP contribution in [-0.2, 0) is 13.0 Å². The van der Waals surface area contributed by atoms with E-state index < -0.39 is 0 Å². The number of nitrogens with two attached hydrogens (primary N) is 1. The summed E-state index contributed by atoms with van der Waals surface area (Å²) in [6.07, 6.45) is 13.2. The van der Waals surface area contributed by atoms with Crippen molar-refractivity contribution in [1.29, 1.82) is 0 Å². The van der Waals surface area contributed by atoms with Gasteiger partial charge in [-0.05, 0) is 37.3 Å². The van der Waals surface area contributed by atoms with Gasteiger partial charge in [0.25, 0.3) is 0 Å². The maximum absolute atomic E-state index is 5.99. The fraction of sp³-hybridized carbons (Fsp3) is 0.625. The summed E-state index contributed by atoms with van der Waals surface area (Å²) in [5, 5.41) is 9.12. The van der Waals surface area contributed by atoms with Crippen LogP contribution in [0.25, 0.3) is 0 Å². The monoisotopic (exact) mass is 287 g/mol. The SMILES string of the molecule is CCC(N)Cc1cnn(Cc2ccn(C3CCCC3)n2)c1. The Balaban J connectivity index is 1.61. The molecule has 1 aliphatic rings. The van der Waals surface area contributed by atoms with Crippen molar-refractivity contribution in [2.75, 3.05) is 0 Å². The van der Waals surface area contributed by atoms with Crippen LogP contribution in [0.1, 0.15) is 56.3 Å². The molecular weight excluding hydrogens is 262 g/mol. The summed E-state index contributed by atoms with van der Waals surface area (Å²) >= 11 is 0. The number of rotatable bonds is 6. The molecule has 1 unspecified atom stereocenters. The van der Waals surface area contributed by atoms with Gasteiger partial charge in [-0.15, -0.1) is 0 Å². The van der Waals surface area contributed by atoms with Gasteiger partial charge in [0, 0.05) is 18.4 Å². The van der Waals surface area contributed by atoms with E-state index in [0.717, 1.165) is 25.1 Å². The summed E-state index contributed by atoms with van der Waals surface area (Å²) in [6.45, 7) is 2.85. The van der Waals surface area contributed by atoms with E-state index in [1.807, 2.05) is 10.9 Å². The first-order chi connectivity index (χ1) is 10.2. The highest BCUT2D eigenvalue weighted by molar-refractivity contribution is 5.08. The average molecular weight is 287 g/mol. The van der Waals surface area contributed by atoms with E-state index in [4.69, 9.17) is 10.8 Å². The van der Waals surface area contributed by atoms with Crippen molar-refractivity contribution in [3.05, 3.63) is 35.9 Å². The lowest BCUT2D eigenvalue weighted by Crippen LogP contribution is -2.21. The van der Waals surface area contributed by atoms with Crippen LogP contribution in [-0.4, -0.2) is 25.6 Å². The molecule has 3 rings (SSSR count). The number of hydrogen-bond donors (Lipinski definition) is 1. The van der Waals surface area contributed by atoms with Gasteiger partial charge in [-0.3, -0.25) is 9.36 Å². The molecule has 0 aromatic carbocycles. The summed E-state index contributed by atoms with van der Waals surface area (Å²) in [5.41, 5.74) is 8.28. The van der Waals surface area contributed by atoms with E-state index >= 15 is 0 Å². The topological polar surface area (TPSA) is 61.7 Å². The fourth-order valence-electron chi connectivity index (χ4n) is 3.05. The molecule has 0 spiro atoms. The summed E-state index contributed by atoms with van der Waals surface area (Å²) in [4.78, 5) is 0. The number of aromatic nitrogens is 4. The number of hydrogen-bond acceptors (Lipinski definition) is 3. The Hall–Kier alpha value is -1.62. The zero-order valence-electron chi connectivity index (χ0n) is 12.8. The summed E-state index contributed by atoms with van der Waals surface area (Å²) < 4.78 is 4.10. The predicted octanol–water partition coefficient (Wildman–Crippen LogP) is 2.52. The normalized spacial score (nSPS) is 17.4. The molecule has 2 aromatic heterocycles. The Morgan fingerprint density at radius 2 is 2.19 bits per heavy atom.